The van der Waals surface area contributed by atoms with Crippen LogP contribution in [0.2, 0.25) is 0 Å². The monoisotopic (exact) mass is 1280 g/mol. The summed E-state index contributed by atoms with van der Waals surface area (Å²) in [6, 6.07) is 0. The summed E-state index contributed by atoms with van der Waals surface area (Å²) in [4.78, 5) is 35.4. The topological polar surface area (TPSA) is 134 Å². The van der Waals surface area contributed by atoms with E-state index < -0.39 is 32.5 Å². The van der Waals surface area contributed by atoms with Gasteiger partial charge in [0, 0.05) is 19.4 Å². The number of phosphoric ester groups is 1. The van der Waals surface area contributed by atoms with Gasteiger partial charge >= 0.3 is 19.8 Å². The Balaban J connectivity index is 3.98. The fraction of sp³-hybridized carbons (Fsp3) is 0.580. The van der Waals surface area contributed by atoms with E-state index in [9.17, 15) is 19.0 Å². The quantitative estimate of drug-likeness (QED) is 0.0264. The van der Waals surface area contributed by atoms with E-state index in [1.807, 2.05) is 0 Å². The molecule has 0 radical (unpaired) electrons. The van der Waals surface area contributed by atoms with Gasteiger partial charge in [-0.15, -0.1) is 0 Å². The number of hydrogen-bond acceptors (Lipinski definition) is 8. The van der Waals surface area contributed by atoms with Gasteiger partial charge in [0.25, 0.3) is 0 Å². The lowest BCUT2D eigenvalue weighted by molar-refractivity contribution is -0.161. The molecule has 512 valence electrons. The first-order chi connectivity index (χ1) is 44.8. The van der Waals surface area contributed by atoms with Crippen LogP contribution in [0, 0.1) is 0 Å². The second-order valence-electron chi connectivity index (χ2n) is 23.0. The van der Waals surface area contributed by atoms with Crippen LogP contribution in [0.4, 0.5) is 0 Å². The number of allylic oxidation sites excluding steroid dienone is 32. The molecule has 0 aromatic rings. The zero-order valence-electron chi connectivity index (χ0n) is 57.5. The molecule has 0 fully saturated rings. The Labute approximate surface area is 557 Å². The highest BCUT2D eigenvalue weighted by Crippen LogP contribution is 2.43. The molecular formula is C81H130NO8P. The molecule has 3 N–H and O–H groups in total. The smallest absolute Gasteiger partial charge is 0.462 e. The average molecular weight is 1280 g/mol. The third-order valence-corrected chi connectivity index (χ3v) is 15.5. The molecule has 0 bridgehead atoms. The number of hydrogen-bond donors (Lipinski definition) is 2. The van der Waals surface area contributed by atoms with Crippen molar-refractivity contribution in [3.8, 4) is 0 Å². The molecule has 2 unspecified atom stereocenters. The molecule has 0 aliphatic rings. The number of rotatable bonds is 65. The van der Waals surface area contributed by atoms with Gasteiger partial charge < -0.3 is 20.1 Å². The number of nitrogens with two attached hydrogens (primary N) is 1. The fourth-order valence-electron chi connectivity index (χ4n) is 9.26. The largest absolute Gasteiger partial charge is 0.472 e. The molecule has 0 rings (SSSR count). The summed E-state index contributed by atoms with van der Waals surface area (Å²) in [7, 11) is -4.41. The van der Waals surface area contributed by atoms with Gasteiger partial charge in [-0.05, 0) is 141 Å². The second-order valence-corrected chi connectivity index (χ2v) is 24.4. The number of esters is 2. The molecule has 0 amide bonds. The molecule has 0 heterocycles. The van der Waals surface area contributed by atoms with E-state index in [4.69, 9.17) is 24.3 Å². The lowest BCUT2D eigenvalue weighted by atomic mass is 10.0. The van der Waals surface area contributed by atoms with E-state index in [0.29, 0.717) is 12.8 Å². The molecule has 9 nitrogen and oxygen atoms in total. The maximum Gasteiger partial charge on any atom is 0.472 e. The van der Waals surface area contributed by atoms with Crippen LogP contribution in [0.5, 0.6) is 0 Å². The minimum atomic E-state index is -4.41. The van der Waals surface area contributed by atoms with Gasteiger partial charge in [0.15, 0.2) is 6.10 Å². The Hall–Kier alpha value is -5.15. The Morgan fingerprint density at radius 2 is 0.571 bits per heavy atom. The summed E-state index contributed by atoms with van der Waals surface area (Å²) in [6.07, 6.45) is 112. The number of unbranched alkanes of at least 4 members (excludes halogenated alkanes) is 20. The lowest BCUT2D eigenvalue weighted by Crippen LogP contribution is -2.29. The van der Waals surface area contributed by atoms with Crippen LogP contribution in [0.3, 0.4) is 0 Å². The zero-order valence-corrected chi connectivity index (χ0v) is 58.4. The Morgan fingerprint density at radius 3 is 0.846 bits per heavy atom. The van der Waals surface area contributed by atoms with Crippen LogP contribution in [-0.2, 0) is 32.7 Å². The van der Waals surface area contributed by atoms with E-state index >= 15 is 0 Å². The molecule has 0 aliphatic carbocycles. The molecule has 0 aromatic carbocycles. The highest BCUT2D eigenvalue weighted by molar-refractivity contribution is 7.47. The molecule has 10 heteroatoms. The first-order valence-corrected chi connectivity index (χ1v) is 37.4. The van der Waals surface area contributed by atoms with Crippen molar-refractivity contribution >= 4 is 19.8 Å². The number of carbonyl (C=O) groups excluding carboxylic acids is 2. The lowest BCUT2D eigenvalue weighted by Gasteiger charge is -2.19. The maximum atomic E-state index is 12.8. The summed E-state index contributed by atoms with van der Waals surface area (Å²) in [5, 5.41) is 0. The van der Waals surface area contributed by atoms with Crippen LogP contribution < -0.4 is 5.73 Å². The summed E-state index contributed by atoms with van der Waals surface area (Å²) >= 11 is 0. The van der Waals surface area contributed by atoms with Crippen molar-refractivity contribution in [2.75, 3.05) is 26.4 Å². The van der Waals surface area contributed by atoms with E-state index in [1.165, 1.54) is 77.0 Å². The van der Waals surface area contributed by atoms with Gasteiger partial charge in [0.2, 0.25) is 0 Å². The van der Waals surface area contributed by atoms with E-state index in [0.717, 1.165) is 154 Å². The van der Waals surface area contributed by atoms with Gasteiger partial charge in [-0.3, -0.25) is 18.6 Å². The van der Waals surface area contributed by atoms with Crippen molar-refractivity contribution in [2.24, 2.45) is 5.73 Å². The van der Waals surface area contributed by atoms with E-state index in [1.54, 1.807) is 0 Å². The Kier molecular flexibility index (Phi) is 69.7. The Morgan fingerprint density at radius 1 is 0.330 bits per heavy atom. The van der Waals surface area contributed by atoms with Gasteiger partial charge in [0.05, 0.1) is 13.2 Å². The van der Waals surface area contributed by atoms with Crippen LogP contribution in [0.1, 0.15) is 271 Å². The predicted molar refractivity (Wildman–Crippen MR) is 394 cm³/mol. The van der Waals surface area contributed by atoms with Crippen molar-refractivity contribution in [3.05, 3.63) is 194 Å². The standard InChI is InChI=1S/C81H130NO8P/c1-3-5-7-9-11-13-15-17-19-21-23-25-27-29-31-33-35-37-38-39-40-42-44-46-48-50-52-54-56-58-60-62-64-66-68-70-72-74-81(84)90-79(78-89-91(85,86)88-76-75-82)77-87-80(83)73-71-69-67-65-63-61-59-57-55-53-51-49-47-45-43-41-36-34-32-30-28-26-24-22-20-18-16-14-12-10-8-6-4-2/h5-8,11-14,17-20,23-26,29-32,35-37,39-41,44-47,51,53,79H,3-4,9-10,15-16,21-22,27-28,33-34,38,42-43,48-50,52,54-78,82H2,1-2H3,(H,85,86)/b7-5-,8-6-,13-11-,14-12-,19-17-,20-18-,25-23-,26-24-,31-29-,32-30-,37-35-,40-39-,41-36-,46-44-,47-45-,53-51-. The summed E-state index contributed by atoms with van der Waals surface area (Å²) in [6.45, 7) is 3.49. The minimum absolute atomic E-state index is 0.0425. The summed E-state index contributed by atoms with van der Waals surface area (Å²) in [5.41, 5.74) is 5.40. The highest BCUT2D eigenvalue weighted by atomic mass is 31.2. The second kappa shape index (κ2) is 73.9. The highest BCUT2D eigenvalue weighted by Gasteiger charge is 2.26. The van der Waals surface area contributed by atoms with Gasteiger partial charge in [-0.1, -0.05) is 311 Å². The van der Waals surface area contributed by atoms with E-state index in [-0.39, 0.29) is 32.6 Å². The molecule has 0 saturated carbocycles. The number of carbonyl (C=O) groups is 2. The first-order valence-electron chi connectivity index (χ1n) is 35.9. The van der Waals surface area contributed by atoms with Gasteiger partial charge in [-0.25, -0.2) is 4.57 Å². The third-order valence-electron chi connectivity index (χ3n) is 14.5. The number of ether oxygens (including phenoxy) is 2. The minimum Gasteiger partial charge on any atom is -0.462 e. The molecular weight excluding hydrogens is 1150 g/mol. The number of phosphoric acid groups is 1. The fourth-order valence-corrected chi connectivity index (χ4v) is 10.0. The summed E-state index contributed by atoms with van der Waals surface area (Å²) in [5.74, 6) is -0.849. The van der Waals surface area contributed by atoms with Crippen molar-refractivity contribution in [1.82, 2.24) is 0 Å². The SMILES string of the molecule is CC/C=C\C/C=C\C/C=C\C/C=C\C/C=C\C/C=C\C/C=C\C/C=C\CCCCCCCCCCCCCCC(=O)OC(COC(=O)CCCCCCCCCC/C=C\C/C=C\C/C=C\C/C=C\C/C=C\C/C=C\C/C=C\C/C=C\CC)COP(=O)(O)OCCN. The molecule has 0 aliphatic heterocycles. The van der Waals surface area contributed by atoms with Crippen molar-refractivity contribution < 1.29 is 37.6 Å². The normalized spacial score (nSPS) is 14.1. The van der Waals surface area contributed by atoms with Crippen molar-refractivity contribution in [1.29, 1.82) is 0 Å². The zero-order chi connectivity index (χ0) is 65.8. The van der Waals surface area contributed by atoms with Crippen LogP contribution in [0.25, 0.3) is 0 Å². The first kappa shape index (κ1) is 85.8. The van der Waals surface area contributed by atoms with Crippen LogP contribution in [0.15, 0.2) is 194 Å². The predicted octanol–water partition coefficient (Wildman–Crippen LogP) is 24.1. The van der Waals surface area contributed by atoms with Gasteiger partial charge in [-0.2, -0.15) is 0 Å². The van der Waals surface area contributed by atoms with Crippen molar-refractivity contribution in [3.63, 3.8) is 0 Å². The van der Waals surface area contributed by atoms with E-state index in [2.05, 4.69) is 208 Å². The molecule has 0 saturated heterocycles. The Bertz CT molecular complexity index is 2200. The molecule has 0 aromatic heterocycles. The van der Waals surface area contributed by atoms with Gasteiger partial charge in [0.1, 0.15) is 6.61 Å². The molecule has 2 atom stereocenters. The molecule has 0 spiro atoms. The molecule has 91 heavy (non-hydrogen) atoms. The average Bonchev–Trinajstić information content (AvgIpc) is 3.74. The maximum absolute atomic E-state index is 12.8. The summed E-state index contributed by atoms with van der Waals surface area (Å²) < 4.78 is 33.2. The van der Waals surface area contributed by atoms with Crippen molar-refractivity contribution in [2.45, 2.75) is 277 Å². The third kappa shape index (κ3) is 73.8. The van der Waals surface area contributed by atoms with Crippen LogP contribution >= 0.6 is 7.82 Å². The van der Waals surface area contributed by atoms with Crippen LogP contribution in [-0.4, -0.2) is 49.3 Å².